The van der Waals surface area contributed by atoms with Gasteiger partial charge >= 0.3 is 12.1 Å². The molecule has 16 heavy (non-hydrogen) atoms. The molecule has 0 unspecified atom stereocenters. The maximum absolute atomic E-state index is 11.1. The van der Waals surface area contributed by atoms with Crippen molar-refractivity contribution in [3.63, 3.8) is 0 Å². The fourth-order valence-corrected chi connectivity index (χ4v) is 0.726. The molecule has 0 aromatic heterocycles. The first-order valence-corrected chi connectivity index (χ1v) is 5.15. The summed E-state index contributed by atoms with van der Waals surface area (Å²) in [6, 6.07) is 0. The summed E-state index contributed by atoms with van der Waals surface area (Å²) in [5.41, 5.74) is -0.521. The van der Waals surface area contributed by atoms with Crippen LogP contribution < -0.4 is 5.32 Å². The minimum atomic E-state index is -0.537. The number of rotatable bonds is 4. The van der Waals surface area contributed by atoms with Gasteiger partial charge < -0.3 is 9.47 Å². The SMILES string of the molecule is CCC(=O)OCC=CNC(=O)OC(C)(C)C. The first-order chi connectivity index (χ1) is 7.35. The van der Waals surface area contributed by atoms with E-state index in [1.165, 1.54) is 12.3 Å². The van der Waals surface area contributed by atoms with Gasteiger partial charge in [0.05, 0.1) is 0 Å². The lowest BCUT2D eigenvalue weighted by molar-refractivity contribution is -0.141. The molecule has 0 heterocycles. The molecule has 5 nitrogen and oxygen atoms in total. The van der Waals surface area contributed by atoms with Crippen molar-refractivity contribution in [1.82, 2.24) is 5.32 Å². The zero-order valence-corrected chi connectivity index (χ0v) is 10.2. The van der Waals surface area contributed by atoms with E-state index in [9.17, 15) is 9.59 Å². The molecule has 0 aliphatic carbocycles. The normalized spacial score (nSPS) is 11.2. The Morgan fingerprint density at radius 1 is 1.31 bits per heavy atom. The molecular formula is C11H19NO4. The van der Waals surface area contributed by atoms with E-state index in [0.29, 0.717) is 6.42 Å². The van der Waals surface area contributed by atoms with Crippen molar-refractivity contribution >= 4 is 12.1 Å². The highest BCUT2D eigenvalue weighted by molar-refractivity contribution is 5.69. The molecule has 0 radical (unpaired) electrons. The van der Waals surface area contributed by atoms with Gasteiger partial charge in [0.15, 0.2) is 0 Å². The van der Waals surface area contributed by atoms with E-state index in [0.717, 1.165) is 0 Å². The van der Waals surface area contributed by atoms with Crippen molar-refractivity contribution in [1.29, 1.82) is 0 Å². The Hall–Kier alpha value is -1.52. The fraction of sp³-hybridized carbons (Fsp3) is 0.636. The molecule has 0 aliphatic heterocycles. The summed E-state index contributed by atoms with van der Waals surface area (Å²) in [6.07, 6.45) is 2.72. The number of hydrogen-bond donors (Lipinski definition) is 1. The second-order valence-electron chi connectivity index (χ2n) is 4.09. The second-order valence-corrected chi connectivity index (χ2v) is 4.09. The maximum atomic E-state index is 11.1. The Morgan fingerprint density at radius 2 is 1.94 bits per heavy atom. The number of ether oxygens (including phenoxy) is 2. The summed E-state index contributed by atoms with van der Waals surface area (Å²) in [5.74, 6) is -0.276. The summed E-state index contributed by atoms with van der Waals surface area (Å²) >= 11 is 0. The quantitative estimate of drug-likeness (QED) is 0.748. The summed E-state index contributed by atoms with van der Waals surface area (Å²) in [7, 11) is 0. The third kappa shape index (κ3) is 9.05. The third-order valence-corrected chi connectivity index (χ3v) is 1.35. The van der Waals surface area contributed by atoms with Gasteiger partial charge in [-0.1, -0.05) is 6.92 Å². The molecule has 0 atom stereocenters. The standard InChI is InChI=1S/C11H19NO4/c1-5-9(13)15-8-6-7-12-10(14)16-11(2,3)4/h6-7H,5,8H2,1-4H3,(H,12,14). The lowest BCUT2D eigenvalue weighted by Crippen LogP contribution is -2.29. The van der Waals surface area contributed by atoms with Crippen LogP contribution in [0.1, 0.15) is 34.1 Å². The highest BCUT2D eigenvalue weighted by Gasteiger charge is 2.14. The Bertz CT molecular complexity index is 266. The van der Waals surface area contributed by atoms with E-state index in [1.807, 2.05) is 0 Å². The van der Waals surface area contributed by atoms with Crippen LogP contribution >= 0.6 is 0 Å². The van der Waals surface area contributed by atoms with Gasteiger partial charge in [-0.05, 0) is 26.8 Å². The van der Waals surface area contributed by atoms with E-state index in [1.54, 1.807) is 27.7 Å². The predicted molar refractivity (Wildman–Crippen MR) is 59.8 cm³/mol. The van der Waals surface area contributed by atoms with Crippen LogP contribution in [0.25, 0.3) is 0 Å². The van der Waals surface area contributed by atoms with Gasteiger partial charge in [0, 0.05) is 12.6 Å². The topological polar surface area (TPSA) is 64.6 Å². The van der Waals surface area contributed by atoms with E-state index >= 15 is 0 Å². The number of nitrogens with one attached hydrogen (secondary N) is 1. The van der Waals surface area contributed by atoms with Crippen LogP contribution in [0.5, 0.6) is 0 Å². The van der Waals surface area contributed by atoms with Crippen molar-refractivity contribution < 1.29 is 19.1 Å². The number of esters is 1. The number of amides is 1. The van der Waals surface area contributed by atoms with Crippen LogP contribution in [0.2, 0.25) is 0 Å². The summed E-state index contributed by atoms with van der Waals surface area (Å²) in [6.45, 7) is 7.19. The molecular weight excluding hydrogens is 210 g/mol. The van der Waals surface area contributed by atoms with Gasteiger partial charge in [-0.25, -0.2) is 4.79 Å². The Morgan fingerprint density at radius 3 is 2.44 bits per heavy atom. The lowest BCUT2D eigenvalue weighted by atomic mass is 10.2. The van der Waals surface area contributed by atoms with Gasteiger partial charge in [0.25, 0.3) is 0 Å². The molecule has 0 spiro atoms. The highest BCUT2D eigenvalue weighted by Crippen LogP contribution is 2.06. The average molecular weight is 229 g/mol. The maximum Gasteiger partial charge on any atom is 0.411 e. The molecule has 92 valence electrons. The van der Waals surface area contributed by atoms with Gasteiger partial charge in [0.2, 0.25) is 0 Å². The molecule has 0 aromatic carbocycles. The Kier molecular flexibility index (Phi) is 6.22. The molecule has 0 saturated heterocycles. The number of carbonyl (C=O) groups excluding carboxylic acids is 2. The van der Waals surface area contributed by atoms with E-state index in [2.05, 4.69) is 5.32 Å². The smallest absolute Gasteiger partial charge is 0.411 e. The molecule has 0 saturated carbocycles. The van der Waals surface area contributed by atoms with Crippen LogP contribution in [0.3, 0.4) is 0 Å². The summed E-state index contributed by atoms with van der Waals surface area (Å²) < 4.78 is 9.73. The molecule has 0 rings (SSSR count). The molecule has 0 aliphatic rings. The minimum absolute atomic E-state index is 0.141. The third-order valence-electron chi connectivity index (χ3n) is 1.35. The molecule has 0 aromatic rings. The molecule has 1 amide bonds. The van der Waals surface area contributed by atoms with Gasteiger partial charge in [-0.3, -0.25) is 10.1 Å². The van der Waals surface area contributed by atoms with Gasteiger partial charge in [0.1, 0.15) is 12.2 Å². The van der Waals surface area contributed by atoms with Crippen LogP contribution in [0, 0.1) is 0 Å². The molecule has 1 N–H and O–H groups in total. The van der Waals surface area contributed by atoms with Crippen molar-refractivity contribution in [2.45, 2.75) is 39.7 Å². The second kappa shape index (κ2) is 6.87. The van der Waals surface area contributed by atoms with E-state index in [4.69, 9.17) is 9.47 Å². The zero-order valence-electron chi connectivity index (χ0n) is 10.2. The summed E-state index contributed by atoms with van der Waals surface area (Å²) in [5, 5.41) is 2.40. The first kappa shape index (κ1) is 14.5. The van der Waals surface area contributed by atoms with E-state index < -0.39 is 11.7 Å². The van der Waals surface area contributed by atoms with Crippen LogP contribution in [0.15, 0.2) is 12.3 Å². The lowest BCUT2D eigenvalue weighted by Gasteiger charge is -2.18. The Balaban J connectivity index is 3.68. The largest absolute Gasteiger partial charge is 0.461 e. The van der Waals surface area contributed by atoms with Gasteiger partial charge in [-0.2, -0.15) is 0 Å². The summed E-state index contributed by atoms with van der Waals surface area (Å²) in [4.78, 5) is 21.8. The average Bonchev–Trinajstić information content (AvgIpc) is 2.14. The molecule has 0 bridgehead atoms. The number of alkyl carbamates (subject to hydrolysis) is 1. The number of hydrogen-bond acceptors (Lipinski definition) is 4. The van der Waals surface area contributed by atoms with Crippen LogP contribution in [-0.2, 0) is 14.3 Å². The van der Waals surface area contributed by atoms with Crippen LogP contribution in [-0.4, -0.2) is 24.3 Å². The minimum Gasteiger partial charge on any atom is -0.461 e. The molecule has 0 fully saturated rings. The zero-order chi connectivity index (χ0) is 12.6. The molecule has 5 heteroatoms. The van der Waals surface area contributed by atoms with Crippen molar-refractivity contribution in [2.24, 2.45) is 0 Å². The number of carbonyl (C=O) groups is 2. The first-order valence-electron chi connectivity index (χ1n) is 5.15. The monoisotopic (exact) mass is 229 g/mol. The van der Waals surface area contributed by atoms with Crippen molar-refractivity contribution in [3.05, 3.63) is 12.3 Å². The Labute approximate surface area is 95.8 Å². The van der Waals surface area contributed by atoms with E-state index in [-0.39, 0.29) is 12.6 Å². The predicted octanol–water partition coefficient (Wildman–Crippen LogP) is 1.98. The van der Waals surface area contributed by atoms with Crippen molar-refractivity contribution in [3.8, 4) is 0 Å². The fourth-order valence-electron chi connectivity index (χ4n) is 0.726. The highest BCUT2D eigenvalue weighted by atomic mass is 16.6. The van der Waals surface area contributed by atoms with Gasteiger partial charge in [-0.15, -0.1) is 0 Å². The van der Waals surface area contributed by atoms with Crippen molar-refractivity contribution in [2.75, 3.05) is 6.61 Å². The van der Waals surface area contributed by atoms with Crippen LogP contribution in [0.4, 0.5) is 4.79 Å².